The molecule has 1 saturated carbocycles. The number of nitrogens with zero attached hydrogens (tertiary/aromatic N) is 1. The molecule has 3 nitrogen and oxygen atoms in total. The van der Waals surface area contributed by atoms with Gasteiger partial charge in [-0.2, -0.15) is 0 Å². The summed E-state index contributed by atoms with van der Waals surface area (Å²) in [7, 11) is 1.75. The van der Waals surface area contributed by atoms with E-state index in [1.807, 2.05) is 12.1 Å². The fourth-order valence-corrected chi connectivity index (χ4v) is 2.32. The lowest BCUT2D eigenvalue weighted by Gasteiger charge is -2.33. The molecule has 0 aromatic carbocycles. The lowest BCUT2D eigenvalue weighted by Crippen LogP contribution is -2.38. The zero-order valence-electron chi connectivity index (χ0n) is 13.1. The zero-order chi connectivity index (χ0) is 14.9. The maximum absolute atomic E-state index is 5.82. The Morgan fingerprint density at radius 2 is 2.05 bits per heavy atom. The molecule has 21 heavy (non-hydrogen) atoms. The highest BCUT2D eigenvalue weighted by atomic mass is 16.5. The highest BCUT2D eigenvalue weighted by Crippen LogP contribution is 2.27. The van der Waals surface area contributed by atoms with E-state index in [2.05, 4.69) is 23.7 Å². The van der Waals surface area contributed by atoms with Crippen LogP contribution in [-0.4, -0.2) is 24.3 Å². The fraction of sp³-hybridized carbons (Fsp3) is 0.611. The number of rotatable bonds is 7. The molecule has 0 spiro atoms. The van der Waals surface area contributed by atoms with Gasteiger partial charge in [0.2, 0.25) is 0 Å². The van der Waals surface area contributed by atoms with Crippen LogP contribution in [0.3, 0.4) is 0 Å². The smallest absolute Gasteiger partial charge is 0.138 e. The van der Waals surface area contributed by atoms with Crippen molar-refractivity contribution in [3.05, 3.63) is 24.0 Å². The number of unbranched alkanes of at least 4 members (excludes halogenated alkanes) is 4. The van der Waals surface area contributed by atoms with Crippen molar-refractivity contribution in [2.24, 2.45) is 0 Å². The molecule has 0 saturated heterocycles. The molecule has 0 atom stereocenters. The van der Waals surface area contributed by atoms with Crippen LogP contribution in [-0.2, 0) is 4.74 Å². The van der Waals surface area contributed by atoms with Gasteiger partial charge in [-0.15, -0.1) is 0 Å². The minimum atomic E-state index is 0.271. The molecule has 0 unspecified atom stereocenters. The van der Waals surface area contributed by atoms with E-state index in [1.165, 1.54) is 25.7 Å². The molecular weight excluding hydrogens is 262 g/mol. The van der Waals surface area contributed by atoms with Crippen LogP contribution in [0.1, 0.15) is 57.6 Å². The molecule has 1 aliphatic carbocycles. The van der Waals surface area contributed by atoms with Crippen molar-refractivity contribution in [1.29, 1.82) is 0 Å². The SMILES string of the molecule is CCCCCCC#Cc1ccc(OC2CC(OC)C2)cn1. The van der Waals surface area contributed by atoms with E-state index in [9.17, 15) is 0 Å². The van der Waals surface area contributed by atoms with E-state index in [0.717, 1.165) is 30.7 Å². The van der Waals surface area contributed by atoms with Crippen molar-refractivity contribution in [2.75, 3.05) is 7.11 Å². The van der Waals surface area contributed by atoms with Crippen molar-refractivity contribution in [3.63, 3.8) is 0 Å². The van der Waals surface area contributed by atoms with Crippen LogP contribution >= 0.6 is 0 Å². The molecule has 0 aliphatic heterocycles. The molecule has 0 amide bonds. The largest absolute Gasteiger partial charge is 0.489 e. The monoisotopic (exact) mass is 287 g/mol. The number of hydrogen-bond donors (Lipinski definition) is 0. The molecule has 0 bridgehead atoms. The van der Waals surface area contributed by atoms with Crippen LogP contribution in [0.5, 0.6) is 5.75 Å². The van der Waals surface area contributed by atoms with Gasteiger partial charge in [-0.3, -0.25) is 0 Å². The second kappa shape index (κ2) is 8.69. The summed E-state index contributed by atoms with van der Waals surface area (Å²) < 4.78 is 11.1. The van der Waals surface area contributed by atoms with Gasteiger partial charge in [-0.1, -0.05) is 32.1 Å². The quantitative estimate of drug-likeness (QED) is 0.562. The maximum atomic E-state index is 5.82. The average molecular weight is 287 g/mol. The van der Waals surface area contributed by atoms with E-state index in [4.69, 9.17) is 9.47 Å². The number of ether oxygens (including phenoxy) is 2. The highest BCUT2D eigenvalue weighted by Gasteiger charge is 2.30. The molecule has 0 radical (unpaired) electrons. The van der Waals surface area contributed by atoms with Crippen LogP contribution < -0.4 is 4.74 Å². The third-order valence-corrected chi connectivity index (χ3v) is 3.80. The number of methoxy groups -OCH3 is 1. The van der Waals surface area contributed by atoms with E-state index in [1.54, 1.807) is 13.3 Å². The Morgan fingerprint density at radius 1 is 1.19 bits per heavy atom. The molecule has 114 valence electrons. The van der Waals surface area contributed by atoms with Crippen LogP contribution in [0.2, 0.25) is 0 Å². The Morgan fingerprint density at radius 3 is 2.71 bits per heavy atom. The molecule has 1 aliphatic rings. The van der Waals surface area contributed by atoms with Crippen molar-refractivity contribution in [3.8, 4) is 17.6 Å². The first-order valence-corrected chi connectivity index (χ1v) is 7.96. The molecule has 3 heteroatoms. The Hall–Kier alpha value is -1.53. The predicted molar refractivity (Wildman–Crippen MR) is 84.3 cm³/mol. The van der Waals surface area contributed by atoms with Gasteiger partial charge in [-0.25, -0.2) is 4.98 Å². The number of aromatic nitrogens is 1. The lowest BCUT2D eigenvalue weighted by molar-refractivity contribution is -0.0382. The van der Waals surface area contributed by atoms with Gasteiger partial charge in [0.15, 0.2) is 0 Å². The first kappa shape index (κ1) is 15.9. The Balaban J connectivity index is 1.71. The summed E-state index contributed by atoms with van der Waals surface area (Å²) in [5.41, 5.74) is 0.821. The second-order valence-electron chi connectivity index (χ2n) is 5.56. The fourth-order valence-electron chi connectivity index (χ4n) is 2.32. The second-order valence-corrected chi connectivity index (χ2v) is 5.56. The highest BCUT2D eigenvalue weighted by molar-refractivity contribution is 5.31. The molecule has 1 heterocycles. The summed E-state index contributed by atoms with van der Waals surface area (Å²) in [6.45, 7) is 2.22. The Labute approximate surface area is 128 Å². The molecule has 0 N–H and O–H groups in total. The molecular formula is C18H25NO2. The molecule has 1 aromatic rings. The summed E-state index contributed by atoms with van der Waals surface area (Å²) in [5.74, 6) is 7.12. The van der Waals surface area contributed by atoms with Gasteiger partial charge >= 0.3 is 0 Å². The topological polar surface area (TPSA) is 31.4 Å². The van der Waals surface area contributed by atoms with Crippen LogP contribution in [0.15, 0.2) is 18.3 Å². The summed E-state index contributed by atoms with van der Waals surface area (Å²) >= 11 is 0. The van der Waals surface area contributed by atoms with Gasteiger partial charge in [-0.05, 0) is 24.5 Å². The summed E-state index contributed by atoms with van der Waals surface area (Å²) in [4.78, 5) is 4.33. The lowest BCUT2D eigenvalue weighted by atomic mass is 9.92. The van der Waals surface area contributed by atoms with Crippen molar-refractivity contribution >= 4 is 0 Å². The summed E-state index contributed by atoms with van der Waals surface area (Å²) in [5, 5.41) is 0. The standard InChI is InChI=1S/C18H25NO2/c1-3-4-5-6-7-8-9-15-10-11-16(14-19-15)21-18-12-17(13-18)20-2/h10-11,14,17-18H,3-7,12-13H2,1-2H3. The van der Waals surface area contributed by atoms with Crippen LogP contribution in [0, 0.1) is 11.8 Å². The number of hydrogen-bond acceptors (Lipinski definition) is 3. The van der Waals surface area contributed by atoms with Gasteiger partial charge in [0.25, 0.3) is 0 Å². The third-order valence-electron chi connectivity index (χ3n) is 3.80. The van der Waals surface area contributed by atoms with E-state index in [0.29, 0.717) is 6.10 Å². The van der Waals surface area contributed by atoms with Gasteiger partial charge in [0.05, 0.1) is 12.3 Å². The van der Waals surface area contributed by atoms with Crippen LogP contribution in [0.25, 0.3) is 0 Å². The van der Waals surface area contributed by atoms with E-state index < -0.39 is 0 Å². The summed E-state index contributed by atoms with van der Waals surface area (Å²) in [6, 6.07) is 3.88. The zero-order valence-corrected chi connectivity index (χ0v) is 13.1. The Kier molecular flexibility index (Phi) is 6.56. The number of pyridine rings is 1. The van der Waals surface area contributed by atoms with Gasteiger partial charge in [0, 0.05) is 26.4 Å². The molecule has 1 aromatic heterocycles. The normalized spacial score (nSPS) is 20.3. The van der Waals surface area contributed by atoms with Gasteiger partial charge < -0.3 is 9.47 Å². The van der Waals surface area contributed by atoms with E-state index in [-0.39, 0.29) is 6.10 Å². The molecule has 1 fully saturated rings. The van der Waals surface area contributed by atoms with E-state index >= 15 is 0 Å². The average Bonchev–Trinajstić information content (AvgIpc) is 2.47. The Bertz CT molecular complexity index is 466. The summed E-state index contributed by atoms with van der Waals surface area (Å²) in [6.07, 6.45) is 10.3. The minimum absolute atomic E-state index is 0.271. The minimum Gasteiger partial charge on any atom is -0.489 e. The maximum Gasteiger partial charge on any atom is 0.138 e. The van der Waals surface area contributed by atoms with Crippen molar-refractivity contribution in [1.82, 2.24) is 4.98 Å². The van der Waals surface area contributed by atoms with Crippen molar-refractivity contribution < 1.29 is 9.47 Å². The van der Waals surface area contributed by atoms with Gasteiger partial charge in [0.1, 0.15) is 17.5 Å². The predicted octanol–water partition coefficient (Wildman–Crippen LogP) is 3.96. The molecule has 2 rings (SSSR count). The van der Waals surface area contributed by atoms with Crippen molar-refractivity contribution in [2.45, 2.75) is 64.1 Å². The first-order valence-electron chi connectivity index (χ1n) is 7.96. The third kappa shape index (κ3) is 5.40. The first-order chi connectivity index (χ1) is 10.3. The van der Waals surface area contributed by atoms with Crippen LogP contribution in [0.4, 0.5) is 0 Å².